The van der Waals surface area contributed by atoms with Crippen LogP contribution in [0.25, 0.3) is 5.76 Å². The molecule has 0 saturated carbocycles. The number of aliphatic hydroxyl groups is 1. The first-order valence-electron chi connectivity index (χ1n) is 11.3. The van der Waals surface area contributed by atoms with Crippen LogP contribution in [-0.4, -0.2) is 65.5 Å². The molecule has 2 aromatic carbocycles. The topological polar surface area (TPSA) is 90.3 Å². The number of unbranched alkanes of at least 4 members (excludes halogenated alkanes) is 1. The Morgan fingerprint density at radius 3 is 2.30 bits per heavy atom. The zero-order valence-corrected chi connectivity index (χ0v) is 19.5. The molecule has 1 saturated heterocycles. The zero-order valence-electron chi connectivity index (χ0n) is 19.5. The van der Waals surface area contributed by atoms with Gasteiger partial charge in [0.25, 0.3) is 11.7 Å². The molecule has 1 aliphatic heterocycles. The molecule has 0 unspecified atom stereocenters. The molecule has 3 rings (SSSR count). The Morgan fingerprint density at radius 2 is 1.70 bits per heavy atom. The number of ketones is 1. The number of carbonyl (C=O) groups excluding carboxylic acids is 2. The summed E-state index contributed by atoms with van der Waals surface area (Å²) >= 11 is 0. The van der Waals surface area contributed by atoms with Gasteiger partial charge in [-0.1, -0.05) is 25.5 Å². The van der Waals surface area contributed by atoms with Crippen LogP contribution in [-0.2, 0) is 9.59 Å². The van der Waals surface area contributed by atoms with Crippen molar-refractivity contribution < 1.29 is 24.5 Å². The van der Waals surface area contributed by atoms with Crippen molar-refractivity contribution in [3.8, 4) is 11.5 Å². The van der Waals surface area contributed by atoms with Crippen LogP contribution in [0.1, 0.15) is 43.4 Å². The van der Waals surface area contributed by atoms with E-state index in [0.717, 1.165) is 19.4 Å². The number of carbonyl (C=O) groups is 2. The maximum Gasteiger partial charge on any atom is 0.295 e. The molecule has 1 heterocycles. The SMILES string of the molecule is CCCCOc1ccc(/C(O)=C2\C(=O)C(=O)N(CCCN(C)C)[C@H]2c2ccc(O)cc2)cc1. The van der Waals surface area contributed by atoms with Gasteiger partial charge < -0.3 is 24.7 Å². The fourth-order valence-electron chi connectivity index (χ4n) is 3.87. The Morgan fingerprint density at radius 1 is 1.03 bits per heavy atom. The Labute approximate surface area is 194 Å². The Kier molecular flexibility index (Phi) is 8.11. The van der Waals surface area contributed by atoms with E-state index in [4.69, 9.17) is 4.74 Å². The number of aromatic hydroxyl groups is 1. The predicted molar refractivity (Wildman–Crippen MR) is 127 cm³/mol. The summed E-state index contributed by atoms with van der Waals surface area (Å²) in [5.74, 6) is -0.797. The number of hydrogen-bond donors (Lipinski definition) is 2. The lowest BCUT2D eigenvalue weighted by molar-refractivity contribution is -0.139. The summed E-state index contributed by atoms with van der Waals surface area (Å²) in [7, 11) is 3.89. The van der Waals surface area contributed by atoms with Gasteiger partial charge in [0.15, 0.2) is 0 Å². The average molecular weight is 453 g/mol. The van der Waals surface area contributed by atoms with Gasteiger partial charge in [-0.05, 0) is 75.4 Å². The molecule has 0 aliphatic carbocycles. The van der Waals surface area contributed by atoms with E-state index >= 15 is 0 Å². The van der Waals surface area contributed by atoms with E-state index in [1.807, 2.05) is 19.0 Å². The van der Waals surface area contributed by atoms with Crippen LogP contribution in [0, 0.1) is 0 Å². The van der Waals surface area contributed by atoms with E-state index < -0.39 is 17.7 Å². The number of amides is 1. The van der Waals surface area contributed by atoms with Gasteiger partial charge in [0.1, 0.15) is 17.3 Å². The Bertz CT molecular complexity index is 996. The summed E-state index contributed by atoms with van der Waals surface area (Å²) in [6.07, 6.45) is 2.66. The second-order valence-corrected chi connectivity index (χ2v) is 8.47. The van der Waals surface area contributed by atoms with E-state index in [0.29, 0.717) is 36.4 Å². The van der Waals surface area contributed by atoms with Crippen molar-refractivity contribution in [2.24, 2.45) is 0 Å². The van der Waals surface area contributed by atoms with Crippen LogP contribution >= 0.6 is 0 Å². The highest BCUT2D eigenvalue weighted by molar-refractivity contribution is 6.46. The lowest BCUT2D eigenvalue weighted by atomic mass is 9.95. The molecule has 0 radical (unpaired) electrons. The van der Waals surface area contributed by atoms with E-state index in [2.05, 4.69) is 6.92 Å². The summed E-state index contributed by atoms with van der Waals surface area (Å²) in [5, 5.41) is 20.8. The van der Waals surface area contributed by atoms with Gasteiger partial charge >= 0.3 is 0 Å². The standard InChI is InChI=1S/C26H32N2O5/c1-4-5-17-33-21-13-9-19(10-14-21)24(30)22-23(18-7-11-20(29)12-8-18)28(26(32)25(22)31)16-6-15-27(2)3/h7-14,23,29-30H,4-6,15-17H2,1-3H3/b24-22+/t23-/m0/s1. The smallest absolute Gasteiger partial charge is 0.295 e. The fourth-order valence-corrected chi connectivity index (χ4v) is 3.87. The number of aliphatic hydroxyl groups excluding tert-OH is 1. The van der Waals surface area contributed by atoms with Crippen molar-refractivity contribution in [1.29, 1.82) is 0 Å². The molecular weight excluding hydrogens is 420 g/mol. The van der Waals surface area contributed by atoms with Gasteiger partial charge in [-0.25, -0.2) is 0 Å². The van der Waals surface area contributed by atoms with Gasteiger partial charge in [0.05, 0.1) is 18.2 Å². The summed E-state index contributed by atoms with van der Waals surface area (Å²) in [6, 6.07) is 12.5. The number of Topliss-reactive ketones (excluding diaryl/α,β-unsaturated/α-hetero) is 1. The van der Waals surface area contributed by atoms with Gasteiger partial charge in [0, 0.05) is 12.1 Å². The minimum atomic E-state index is -0.728. The van der Waals surface area contributed by atoms with Crippen molar-refractivity contribution in [3.63, 3.8) is 0 Å². The zero-order chi connectivity index (χ0) is 24.0. The number of ether oxygens (including phenoxy) is 1. The summed E-state index contributed by atoms with van der Waals surface area (Å²) in [4.78, 5) is 29.5. The van der Waals surface area contributed by atoms with Crippen LogP contribution in [0.3, 0.4) is 0 Å². The van der Waals surface area contributed by atoms with Crippen molar-refractivity contribution in [2.75, 3.05) is 33.8 Å². The first kappa shape index (κ1) is 24.3. The molecule has 7 nitrogen and oxygen atoms in total. The van der Waals surface area contributed by atoms with Crippen LogP contribution in [0.4, 0.5) is 0 Å². The quantitative estimate of drug-likeness (QED) is 0.246. The third-order valence-corrected chi connectivity index (χ3v) is 5.65. The number of benzene rings is 2. The average Bonchev–Trinajstić information content (AvgIpc) is 3.04. The lowest BCUT2D eigenvalue weighted by Gasteiger charge is -2.26. The molecular formula is C26H32N2O5. The predicted octanol–water partition coefficient (Wildman–Crippen LogP) is 3.94. The maximum absolute atomic E-state index is 13.0. The maximum atomic E-state index is 13.0. The largest absolute Gasteiger partial charge is 0.508 e. The van der Waals surface area contributed by atoms with Crippen molar-refractivity contribution in [2.45, 2.75) is 32.2 Å². The molecule has 33 heavy (non-hydrogen) atoms. The number of hydrogen-bond acceptors (Lipinski definition) is 6. The van der Waals surface area contributed by atoms with E-state index in [1.165, 1.54) is 17.0 Å². The fraction of sp³-hybridized carbons (Fsp3) is 0.385. The number of phenolic OH excluding ortho intramolecular Hbond substituents is 1. The first-order valence-corrected chi connectivity index (χ1v) is 11.3. The summed E-state index contributed by atoms with van der Waals surface area (Å²) in [6.45, 7) is 3.83. The Hall–Kier alpha value is -3.32. The number of phenols is 1. The third kappa shape index (κ3) is 5.73. The minimum absolute atomic E-state index is 0.0511. The molecule has 1 aliphatic rings. The van der Waals surface area contributed by atoms with Gasteiger partial charge in [-0.3, -0.25) is 9.59 Å². The monoisotopic (exact) mass is 452 g/mol. The summed E-state index contributed by atoms with van der Waals surface area (Å²) < 4.78 is 5.67. The van der Waals surface area contributed by atoms with Crippen molar-refractivity contribution in [3.05, 3.63) is 65.2 Å². The summed E-state index contributed by atoms with van der Waals surface area (Å²) in [5.41, 5.74) is 1.14. The van der Waals surface area contributed by atoms with Crippen LogP contribution in [0.5, 0.6) is 11.5 Å². The van der Waals surface area contributed by atoms with Gasteiger partial charge in [-0.2, -0.15) is 0 Å². The normalized spacial score (nSPS) is 17.7. The molecule has 0 aromatic heterocycles. The molecule has 1 atom stereocenters. The molecule has 1 fully saturated rings. The van der Waals surface area contributed by atoms with Gasteiger partial charge in [-0.15, -0.1) is 0 Å². The number of nitrogens with zero attached hydrogens (tertiary/aromatic N) is 2. The van der Waals surface area contributed by atoms with Crippen LogP contribution in [0.15, 0.2) is 54.1 Å². The molecule has 2 aromatic rings. The van der Waals surface area contributed by atoms with Gasteiger partial charge in [0.2, 0.25) is 0 Å². The third-order valence-electron chi connectivity index (χ3n) is 5.65. The highest BCUT2D eigenvalue weighted by Crippen LogP contribution is 2.40. The molecule has 1 amide bonds. The van der Waals surface area contributed by atoms with E-state index in [9.17, 15) is 19.8 Å². The second-order valence-electron chi connectivity index (χ2n) is 8.47. The van der Waals surface area contributed by atoms with E-state index in [1.54, 1.807) is 36.4 Å². The molecule has 7 heteroatoms. The highest BCUT2D eigenvalue weighted by atomic mass is 16.5. The first-order chi connectivity index (χ1) is 15.8. The highest BCUT2D eigenvalue weighted by Gasteiger charge is 2.45. The Balaban J connectivity index is 1.97. The van der Waals surface area contributed by atoms with Crippen molar-refractivity contribution >= 4 is 17.4 Å². The van der Waals surface area contributed by atoms with E-state index in [-0.39, 0.29) is 17.1 Å². The second kappa shape index (κ2) is 11.0. The van der Waals surface area contributed by atoms with Crippen LogP contribution in [0.2, 0.25) is 0 Å². The molecule has 0 bridgehead atoms. The van der Waals surface area contributed by atoms with Crippen molar-refractivity contribution in [1.82, 2.24) is 9.80 Å². The molecule has 2 N–H and O–H groups in total. The van der Waals surface area contributed by atoms with Crippen LogP contribution < -0.4 is 4.74 Å². The molecule has 0 spiro atoms. The molecule has 176 valence electrons. The lowest BCUT2D eigenvalue weighted by Crippen LogP contribution is -2.32. The minimum Gasteiger partial charge on any atom is -0.508 e. The number of likely N-dealkylation sites (tertiary alicyclic amines) is 1. The number of rotatable bonds is 10.